The van der Waals surface area contributed by atoms with Crippen LogP contribution in [-0.2, 0) is 11.3 Å². The minimum atomic E-state index is 0.681. The van der Waals surface area contributed by atoms with Crippen LogP contribution in [0.2, 0.25) is 0 Å². The molecule has 1 rings (SSSR count). The van der Waals surface area contributed by atoms with E-state index in [1.54, 1.807) is 14.2 Å². The number of nitrogen functional groups attached to an aromatic ring is 1. The Balaban J connectivity index is 2.57. The van der Waals surface area contributed by atoms with Gasteiger partial charge < -0.3 is 15.2 Å². The van der Waals surface area contributed by atoms with E-state index in [0.29, 0.717) is 5.69 Å². The van der Waals surface area contributed by atoms with Gasteiger partial charge in [-0.1, -0.05) is 6.07 Å². The fourth-order valence-corrected chi connectivity index (χ4v) is 1.52. The predicted molar refractivity (Wildman–Crippen MR) is 65.6 cm³/mol. The fourth-order valence-electron chi connectivity index (χ4n) is 1.52. The van der Waals surface area contributed by atoms with Gasteiger partial charge in [0, 0.05) is 20.2 Å². The number of hydrogen-bond acceptors (Lipinski definition) is 4. The first-order valence-corrected chi connectivity index (χ1v) is 5.27. The van der Waals surface area contributed by atoms with Gasteiger partial charge in [-0.2, -0.15) is 0 Å². The van der Waals surface area contributed by atoms with Crippen LogP contribution in [0.15, 0.2) is 18.2 Å². The first-order valence-electron chi connectivity index (χ1n) is 5.27. The van der Waals surface area contributed by atoms with E-state index in [2.05, 4.69) is 11.9 Å². The zero-order valence-corrected chi connectivity index (χ0v) is 10.2. The SMILES string of the molecule is COCCN(C)Cc1ccc(OC)c(N)c1. The topological polar surface area (TPSA) is 47.7 Å². The molecule has 0 atom stereocenters. The van der Waals surface area contributed by atoms with E-state index in [1.165, 1.54) is 5.56 Å². The Hall–Kier alpha value is -1.26. The van der Waals surface area contributed by atoms with Crippen molar-refractivity contribution < 1.29 is 9.47 Å². The van der Waals surface area contributed by atoms with Crippen molar-refractivity contribution in [3.8, 4) is 5.75 Å². The third-order valence-electron chi connectivity index (χ3n) is 2.42. The number of nitrogens with zero attached hydrogens (tertiary/aromatic N) is 1. The van der Waals surface area contributed by atoms with E-state index in [4.69, 9.17) is 15.2 Å². The van der Waals surface area contributed by atoms with E-state index >= 15 is 0 Å². The zero-order valence-electron chi connectivity index (χ0n) is 10.2. The van der Waals surface area contributed by atoms with Crippen LogP contribution < -0.4 is 10.5 Å². The molecular formula is C12H20N2O2. The van der Waals surface area contributed by atoms with E-state index in [-0.39, 0.29) is 0 Å². The quantitative estimate of drug-likeness (QED) is 0.741. The molecule has 4 nitrogen and oxygen atoms in total. The molecule has 1 aromatic rings. The number of anilines is 1. The summed E-state index contributed by atoms with van der Waals surface area (Å²) in [6, 6.07) is 5.87. The molecule has 0 aromatic heterocycles. The minimum Gasteiger partial charge on any atom is -0.495 e. The number of rotatable bonds is 6. The summed E-state index contributed by atoms with van der Waals surface area (Å²) in [5, 5.41) is 0. The van der Waals surface area contributed by atoms with E-state index in [9.17, 15) is 0 Å². The van der Waals surface area contributed by atoms with Crippen LogP contribution in [0.3, 0.4) is 0 Å². The summed E-state index contributed by atoms with van der Waals surface area (Å²) in [7, 11) is 5.38. The smallest absolute Gasteiger partial charge is 0.141 e. The van der Waals surface area contributed by atoms with Gasteiger partial charge in [0.2, 0.25) is 0 Å². The van der Waals surface area contributed by atoms with Crippen molar-refractivity contribution >= 4 is 5.69 Å². The molecular weight excluding hydrogens is 204 g/mol. The summed E-state index contributed by atoms with van der Waals surface area (Å²) in [6.45, 7) is 2.50. The average Bonchev–Trinajstić information content (AvgIpc) is 2.26. The van der Waals surface area contributed by atoms with Crippen LogP contribution in [0.5, 0.6) is 5.75 Å². The van der Waals surface area contributed by atoms with Gasteiger partial charge in [-0.05, 0) is 24.7 Å². The normalized spacial score (nSPS) is 10.8. The van der Waals surface area contributed by atoms with Gasteiger partial charge >= 0.3 is 0 Å². The molecule has 0 aliphatic carbocycles. The second kappa shape index (κ2) is 6.35. The molecule has 0 unspecified atom stereocenters. The Kier molecular flexibility index (Phi) is 5.08. The van der Waals surface area contributed by atoms with Gasteiger partial charge in [-0.15, -0.1) is 0 Å². The maximum Gasteiger partial charge on any atom is 0.141 e. The molecule has 0 aliphatic rings. The molecule has 0 saturated heterocycles. The Labute approximate surface area is 96.9 Å². The van der Waals surface area contributed by atoms with Gasteiger partial charge in [-0.3, -0.25) is 4.90 Å². The summed E-state index contributed by atoms with van der Waals surface area (Å²) in [5.41, 5.74) is 7.70. The fraction of sp³-hybridized carbons (Fsp3) is 0.500. The zero-order chi connectivity index (χ0) is 12.0. The highest BCUT2D eigenvalue weighted by atomic mass is 16.5. The molecule has 0 heterocycles. The minimum absolute atomic E-state index is 0.681. The van der Waals surface area contributed by atoms with Crippen molar-refractivity contribution in [2.75, 3.05) is 40.2 Å². The van der Waals surface area contributed by atoms with Crippen LogP contribution in [0.25, 0.3) is 0 Å². The highest BCUT2D eigenvalue weighted by Gasteiger charge is 2.03. The molecule has 90 valence electrons. The lowest BCUT2D eigenvalue weighted by Gasteiger charge is -2.16. The highest BCUT2D eigenvalue weighted by molar-refractivity contribution is 5.54. The molecule has 16 heavy (non-hydrogen) atoms. The predicted octanol–water partition coefficient (Wildman–Crippen LogP) is 1.36. The Morgan fingerprint density at radius 2 is 2.06 bits per heavy atom. The van der Waals surface area contributed by atoms with Crippen molar-refractivity contribution in [3.05, 3.63) is 23.8 Å². The highest BCUT2D eigenvalue weighted by Crippen LogP contribution is 2.22. The molecule has 0 fully saturated rings. The number of hydrogen-bond donors (Lipinski definition) is 1. The molecule has 0 saturated carbocycles. The number of ether oxygens (including phenoxy) is 2. The number of benzene rings is 1. The van der Waals surface area contributed by atoms with Crippen molar-refractivity contribution in [3.63, 3.8) is 0 Å². The third-order valence-corrected chi connectivity index (χ3v) is 2.42. The molecule has 1 aromatic carbocycles. The van der Waals surface area contributed by atoms with Crippen LogP contribution in [-0.4, -0.2) is 39.3 Å². The van der Waals surface area contributed by atoms with Gasteiger partial charge in [0.05, 0.1) is 19.4 Å². The Bertz CT molecular complexity index is 329. The van der Waals surface area contributed by atoms with Gasteiger partial charge in [0.1, 0.15) is 5.75 Å². The number of likely N-dealkylation sites (N-methyl/N-ethyl adjacent to an activating group) is 1. The van der Waals surface area contributed by atoms with E-state index in [0.717, 1.165) is 25.4 Å². The standard InChI is InChI=1S/C12H20N2O2/c1-14(6-7-15-2)9-10-4-5-12(16-3)11(13)8-10/h4-5,8H,6-7,9,13H2,1-3H3. The molecule has 0 amide bonds. The molecule has 0 radical (unpaired) electrons. The Morgan fingerprint density at radius 1 is 1.31 bits per heavy atom. The summed E-state index contributed by atoms with van der Waals surface area (Å²) < 4.78 is 10.1. The molecule has 0 spiro atoms. The van der Waals surface area contributed by atoms with Gasteiger partial charge in [0.25, 0.3) is 0 Å². The summed E-state index contributed by atoms with van der Waals surface area (Å²) in [5.74, 6) is 0.725. The average molecular weight is 224 g/mol. The van der Waals surface area contributed by atoms with Crippen LogP contribution in [0.1, 0.15) is 5.56 Å². The lowest BCUT2D eigenvalue weighted by atomic mass is 10.2. The summed E-state index contributed by atoms with van der Waals surface area (Å²) in [4.78, 5) is 2.19. The third kappa shape index (κ3) is 3.72. The largest absolute Gasteiger partial charge is 0.495 e. The lowest BCUT2D eigenvalue weighted by Crippen LogP contribution is -2.22. The van der Waals surface area contributed by atoms with E-state index < -0.39 is 0 Å². The number of nitrogens with two attached hydrogens (primary N) is 1. The summed E-state index contributed by atoms with van der Waals surface area (Å²) in [6.07, 6.45) is 0. The monoisotopic (exact) mass is 224 g/mol. The van der Waals surface area contributed by atoms with E-state index in [1.807, 2.05) is 18.2 Å². The molecule has 4 heteroatoms. The lowest BCUT2D eigenvalue weighted by molar-refractivity contribution is 0.158. The van der Waals surface area contributed by atoms with Crippen molar-refractivity contribution in [2.45, 2.75) is 6.54 Å². The first kappa shape index (κ1) is 12.8. The summed E-state index contributed by atoms with van der Waals surface area (Å²) >= 11 is 0. The second-order valence-corrected chi connectivity index (χ2v) is 3.81. The molecule has 2 N–H and O–H groups in total. The number of methoxy groups -OCH3 is 2. The molecule has 0 bridgehead atoms. The second-order valence-electron chi connectivity index (χ2n) is 3.81. The first-order chi connectivity index (χ1) is 7.67. The van der Waals surface area contributed by atoms with Crippen molar-refractivity contribution in [1.82, 2.24) is 4.90 Å². The maximum atomic E-state index is 5.84. The van der Waals surface area contributed by atoms with Crippen molar-refractivity contribution in [1.29, 1.82) is 0 Å². The maximum absolute atomic E-state index is 5.84. The van der Waals surface area contributed by atoms with Crippen LogP contribution in [0, 0.1) is 0 Å². The van der Waals surface area contributed by atoms with Crippen molar-refractivity contribution in [2.24, 2.45) is 0 Å². The van der Waals surface area contributed by atoms with Crippen LogP contribution >= 0.6 is 0 Å². The molecule has 0 aliphatic heterocycles. The van der Waals surface area contributed by atoms with Gasteiger partial charge in [-0.25, -0.2) is 0 Å². The Morgan fingerprint density at radius 3 is 2.62 bits per heavy atom. The van der Waals surface area contributed by atoms with Gasteiger partial charge in [0.15, 0.2) is 0 Å². The van der Waals surface area contributed by atoms with Crippen LogP contribution in [0.4, 0.5) is 5.69 Å².